The summed E-state index contributed by atoms with van der Waals surface area (Å²) in [6.07, 6.45) is 4.04. The summed E-state index contributed by atoms with van der Waals surface area (Å²) in [5, 5.41) is 13.8. The largest absolute Gasteiger partial charge is 0.506 e. The zero-order chi connectivity index (χ0) is 17.3. The molecular weight excluding hydrogens is 316 g/mol. The summed E-state index contributed by atoms with van der Waals surface area (Å²) >= 11 is 0. The van der Waals surface area contributed by atoms with Crippen molar-refractivity contribution < 1.29 is 14.6 Å². The molecule has 0 saturated carbocycles. The highest BCUT2D eigenvalue weighted by Gasteiger charge is 2.62. The molecule has 25 heavy (non-hydrogen) atoms. The van der Waals surface area contributed by atoms with Crippen molar-refractivity contribution >= 4 is 11.7 Å². The molecule has 2 bridgehead atoms. The Labute approximate surface area is 147 Å². The van der Waals surface area contributed by atoms with Crippen molar-refractivity contribution in [2.45, 2.75) is 31.2 Å². The van der Waals surface area contributed by atoms with E-state index in [2.05, 4.69) is 29.3 Å². The van der Waals surface area contributed by atoms with Crippen LogP contribution in [0.5, 0.6) is 5.75 Å². The molecule has 0 amide bonds. The van der Waals surface area contributed by atoms with Crippen LogP contribution in [0.1, 0.15) is 25.3 Å². The highest BCUT2D eigenvalue weighted by Crippen LogP contribution is 2.62. The number of hydrogen-bond donors (Lipinski definition) is 2. The van der Waals surface area contributed by atoms with Crippen molar-refractivity contribution in [1.82, 2.24) is 4.90 Å². The number of nitrogens with one attached hydrogen (secondary N) is 1. The molecule has 1 aromatic rings. The molecule has 0 radical (unpaired) electrons. The number of carbonyl (C=O) groups is 1. The number of anilines is 1. The van der Waals surface area contributed by atoms with Crippen molar-refractivity contribution in [2.24, 2.45) is 5.92 Å². The number of hydrogen-bond acceptors (Lipinski definition) is 5. The quantitative estimate of drug-likeness (QED) is 0.468. The van der Waals surface area contributed by atoms with Gasteiger partial charge in [0.2, 0.25) is 0 Å². The van der Waals surface area contributed by atoms with Gasteiger partial charge in [0, 0.05) is 30.7 Å². The van der Waals surface area contributed by atoms with Gasteiger partial charge in [-0.25, -0.2) is 4.79 Å². The van der Waals surface area contributed by atoms with Gasteiger partial charge in [-0.2, -0.15) is 0 Å². The molecule has 5 heteroatoms. The SMILES string of the molecule is C/C=C1\CN2CC[C@@]34C(=C(C(=O)OC)[C@H]1C[C@H]23)Nc1c(O)cccc14. The van der Waals surface area contributed by atoms with E-state index in [0.717, 1.165) is 48.5 Å². The lowest BCUT2D eigenvalue weighted by Gasteiger charge is -2.48. The van der Waals surface area contributed by atoms with E-state index >= 15 is 0 Å². The standard InChI is InChI=1S/C20H22N2O3/c1-3-11-10-22-8-7-20-13-5-4-6-14(23)17(13)21-18(20)16(19(24)25-2)12(11)9-15(20)22/h3-6,12,15,21,23H,7-10H2,1-2H3/b11-3+/t12-,15-,20-/m0/s1. The van der Waals surface area contributed by atoms with Gasteiger partial charge < -0.3 is 15.2 Å². The summed E-state index contributed by atoms with van der Waals surface area (Å²) < 4.78 is 5.17. The van der Waals surface area contributed by atoms with E-state index in [0.29, 0.717) is 6.04 Å². The fourth-order valence-corrected chi connectivity index (χ4v) is 5.67. The van der Waals surface area contributed by atoms with Gasteiger partial charge in [-0.3, -0.25) is 4.90 Å². The van der Waals surface area contributed by atoms with Gasteiger partial charge in [-0.15, -0.1) is 0 Å². The maximum absolute atomic E-state index is 12.8. The Balaban J connectivity index is 1.83. The van der Waals surface area contributed by atoms with Crippen LogP contribution in [0.3, 0.4) is 0 Å². The van der Waals surface area contributed by atoms with Gasteiger partial charge in [0.25, 0.3) is 0 Å². The first-order chi connectivity index (χ1) is 12.1. The first-order valence-corrected chi connectivity index (χ1v) is 8.93. The number of phenolic OH excluding ortho intramolecular Hbond substituents is 1. The molecular formula is C20H22N2O3. The number of ether oxygens (including phenoxy) is 1. The fourth-order valence-electron chi connectivity index (χ4n) is 5.67. The number of rotatable bonds is 1. The number of nitrogens with zero attached hydrogens (tertiary/aromatic N) is 1. The lowest BCUT2D eigenvalue weighted by Crippen LogP contribution is -2.53. The minimum atomic E-state index is -0.252. The number of aromatic hydroxyl groups is 1. The van der Waals surface area contributed by atoms with Crippen LogP contribution in [-0.4, -0.2) is 42.2 Å². The molecule has 2 saturated heterocycles. The first-order valence-electron chi connectivity index (χ1n) is 8.93. The van der Waals surface area contributed by atoms with Crippen LogP contribution in [0, 0.1) is 5.92 Å². The van der Waals surface area contributed by atoms with Gasteiger partial charge in [0.1, 0.15) is 5.75 Å². The van der Waals surface area contributed by atoms with Gasteiger partial charge >= 0.3 is 5.97 Å². The van der Waals surface area contributed by atoms with E-state index in [4.69, 9.17) is 4.74 Å². The van der Waals surface area contributed by atoms with Crippen LogP contribution in [0.15, 0.2) is 41.1 Å². The fraction of sp³-hybridized carbons (Fsp3) is 0.450. The molecule has 1 aliphatic carbocycles. The Morgan fingerprint density at radius 3 is 3.08 bits per heavy atom. The maximum Gasteiger partial charge on any atom is 0.336 e. The Bertz CT molecular complexity index is 856. The Kier molecular flexibility index (Phi) is 2.93. The summed E-state index contributed by atoms with van der Waals surface area (Å²) in [6, 6.07) is 6.06. The van der Waals surface area contributed by atoms with Crippen LogP contribution in [0.2, 0.25) is 0 Å². The van der Waals surface area contributed by atoms with Crippen molar-refractivity contribution in [3.63, 3.8) is 0 Å². The van der Waals surface area contributed by atoms with Crippen molar-refractivity contribution in [1.29, 1.82) is 0 Å². The number of fused-ring (bicyclic) bond motifs is 2. The molecule has 5 nitrogen and oxygen atoms in total. The topological polar surface area (TPSA) is 61.8 Å². The van der Waals surface area contributed by atoms with Gasteiger partial charge in [-0.1, -0.05) is 23.8 Å². The second-order valence-corrected chi connectivity index (χ2v) is 7.46. The molecule has 130 valence electrons. The highest BCUT2D eigenvalue weighted by molar-refractivity contribution is 5.94. The maximum atomic E-state index is 12.8. The van der Waals surface area contributed by atoms with Gasteiger partial charge in [0.05, 0.1) is 23.8 Å². The van der Waals surface area contributed by atoms with E-state index in [9.17, 15) is 9.90 Å². The molecule has 3 atom stereocenters. The molecule has 1 spiro atoms. The van der Waals surface area contributed by atoms with E-state index in [1.807, 2.05) is 6.07 Å². The third kappa shape index (κ3) is 1.64. The van der Waals surface area contributed by atoms with Crippen LogP contribution in [0.4, 0.5) is 5.69 Å². The number of phenols is 1. The number of methoxy groups -OCH3 is 1. The number of allylic oxidation sites excluding steroid dienone is 1. The zero-order valence-electron chi connectivity index (χ0n) is 14.5. The predicted molar refractivity (Wildman–Crippen MR) is 94.3 cm³/mol. The second-order valence-electron chi connectivity index (χ2n) is 7.46. The molecule has 4 aliphatic rings. The number of para-hydroxylation sites is 1. The lowest BCUT2D eigenvalue weighted by molar-refractivity contribution is -0.137. The van der Waals surface area contributed by atoms with Crippen molar-refractivity contribution in [3.05, 3.63) is 46.7 Å². The number of benzene rings is 1. The minimum absolute atomic E-state index is 0.101. The van der Waals surface area contributed by atoms with Crippen molar-refractivity contribution in [3.8, 4) is 5.75 Å². The summed E-state index contributed by atoms with van der Waals surface area (Å²) in [4.78, 5) is 15.3. The number of esters is 1. The zero-order valence-corrected chi connectivity index (χ0v) is 14.5. The summed E-state index contributed by atoms with van der Waals surface area (Å²) in [5.41, 5.74) is 4.66. The molecule has 0 aromatic heterocycles. The molecule has 0 unspecified atom stereocenters. The molecule has 5 rings (SSSR count). The molecule has 2 fully saturated rings. The van der Waals surface area contributed by atoms with E-state index in [-0.39, 0.29) is 23.1 Å². The molecule has 3 heterocycles. The van der Waals surface area contributed by atoms with Crippen LogP contribution in [-0.2, 0) is 14.9 Å². The van der Waals surface area contributed by atoms with Gasteiger partial charge in [0.15, 0.2) is 0 Å². The summed E-state index contributed by atoms with van der Waals surface area (Å²) in [6.45, 7) is 3.97. The van der Waals surface area contributed by atoms with Crippen LogP contribution in [0.25, 0.3) is 0 Å². The predicted octanol–water partition coefficient (Wildman–Crippen LogP) is 2.54. The number of piperidine rings is 1. The average molecular weight is 338 g/mol. The Morgan fingerprint density at radius 1 is 1.48 bits per heavy atom. The lowest BCUT2D eigenvalue weighted by atomic mass is 9.62. The van der Waals surface area contributed by atoms with Crippen molar-refractivity contribution in [2.75, 3.05) is 25.5 Å². The number of carbonyl (C=O) groups excluding carboxylic acids is 1. The van der Waals surface area contributed by atoms with E-state index in [1.54, 1.807) is 6.07 Å². The first kappa shape index (κ1) is 15.0. The Morgan fingerprint density at radius 2 is 2.32 bits per heavy atom. The van der Waals surface area contributed by atoms with Gasteiger partial charge in [-0.05, 0) is 31.4 Å². The monoisotopic (exact) mass is 338 g/mol. The Hall–Kier alpha value is -2.27. The normalized spacial score (nSPS) is 33.9. The van der Waals surface area contributed by atoms with E-state index < -0.39 is 0 Å². The average Bonchev–Trinajstić information content (AvgIpc) is 3.18. The minimum Gasteiger partial charge on any atom is -0.506 e. The van der Waals surface area contributed by atoms with Crippen LogP contribution >= 0.6 is 0 Å². The highest BCUT2D eigenvalue weighted by atomic mass is 16.5. The van der Waals surface area contributed by atoms with Crippen LogP contribution < -0.4 is 5.32 Å². The van der Waals surface area contributed by atoms with E-state index in [1.165, 1.54) is 12.7 Å². The molecule has 3 aliphatic heterocycles. The second kappa shape index (κ2) is 4.88. The summed E-state index contributed by atoms with van der Waals surface area (Å²) in [5.74, 6) is 0.0958. The molecule has 2 N–H and O–H groups in total. The third-order valence-electron chi connectivity index (χ3n) is 6.71. The third-order valence-corrected chi connectivity index (χ3v) is 6.71. The molecule has 1 aromatic carbocycles. The summed E-state index contributed by atoms with van der Waals surface area (Å²) in [7, 11) is 1.45. The smallest absolute Gasteiger partial charge is 0.336 e.